The molecule has 2 aliphatic rings. The van der Waals surface area contributed by atoms with E-state index in [1.165, 1.54) is 6.07 Å². The van der Waals surface area contributed by atoms with Crippen molar-refractivity contribution in [2.24, 2.45) is 0 Å². The summed E-state index contributed by atoms with van der Waals surface area (Å²) in [7, 11) is 8.03. The second kappa shape index (κ2) is 10.7. The Balaban J connectivity index is 1.74. The van der Waals surface area contributed by atoms with E-state index >= 15 is 0 Å². The predicted octanol–water partition coefficient (Wildman–Crippen LogP) is 6.11. The molecule has 6 heteroatoms. The van der Waals surface area contributed by atoms with Crippen molar-refractivity contribution in [3.05, 3.63) is 129 Å². The number of anilines is 1. The molecule has 0 bridgehead atoms. The summed E-state index contributed by atoms with van der Waals surface area (Å²) in [5.41, 5.74) is 7.90. The third-order valence-electron chi connectivity index (χ3n) is 7.90. The molecule has 41 heavy (non-hydrogen) atoms. The van der Waals surface area contributed by atoms with Crippen LogP contribution in [0.1, 0.15) is 56.8 Å². The van der Waals surface area contributed by atoms with Crippen molar-refractivity contribution in [3.8, 4) is 0 Å². The van der Waals surface area contributed by atoms with E-state index in [0.717, 1.165) is 44.8 Å². The van der Waals surface area contributed by atoms with Crippen molar-refractivity contribution in [2.45, 2.75) is 25.9 Å². The van der Waals surface area contributed by atoms with Crippen LogP contribution in [0.15, 0.2) is 96.1 Å². The van der Waals surface area contributed by atoms with Crippen molar-refractivity contribution < 1.29 is 24.0 Å². The van der Waals surface area contributed by atoms with Crippen LogP contribution in [0.2, 0.25) is 0 Å². The Kier molecular flexibility index (Phi) is 7.26. The highest BCUT2D eigenvalue weighted by atomic mass is 16.5. The molecule has 1 N–H and O–H groups in total. The number of rotatable bonds is 6. The van der Waals surface area contributed by atoms with Crippen LogP contribution in [0.25, 0.3) is 5.57 Å². The predicted molar refractivity (Wildman–Crippen MR) is 163 cm³/mol. The Bertz CT molecular complexity index is 1680. The van der Waals surface area contributed by atoms with E-state index < -0.39 is 11.9 Å². The number of carboxylic acid groups (broad SMARTS) is 1. The molecule has 6 nitrogen and oxygen atoms in total. The van der Waals surface area contributed by atoms with Crippen LogP contribution in [-0.4, -0.2) is 55.5 Å². The lowest BCUT2D eigenvalue weighted by Gasteiger charge is -2.39. The third kappa shape index (κ3) is 5.02. The normalized spacial score (nSPS) is 15.1. The van der Waals surface area contributed by atoms with Crippen molar-refractivity contribution in [2.75, 3.05) is 33.1 Å². The number of carbonyl (C=O) groups excluding carboxylic acids is 1. The molecule has 0 aromatic heterocycles. The Morgan fingerprint density at radius 3 is 2.32 bits per heavy atom. The van der Waals surface area contributed by atoms with Crippen molar-refractivity contribution in [1.29, 1.82) is 0 Å². The average Bonchev–Trinajstić information content (AvgIpc) is 2.96. The van der Waals surface area contributed by atoms with Gasteiger partial charge in [-0.1, -0.05) is 62.4 Å². The lowest BCUT2D eigenvalue weighted by Crippen LogP contribution is -2.31. The molecule has 0 fully saturated rings. The highest BCUT2D eigenvalue weighted by molar-refractivity contribution is 6.10. The highest BCUT2D eigenvalue weighted by Crippen LogP contribution is 2.51. The summed E-state index contributed by atoms with van der Waals surface area (Å²) in [6.07, 6.45) is 6.29. The van der Waals surface area contributed by atoms with E-state index in [0.29, 0.717) is 5.56 Å². The molecule has 0 saturated carbocycles. The third-order valence-corrected chi connectivity index (χ3v) is 7.90. The summed E-state index contributed by atoms with van der Waals surface area (Å²) in [5.74, 6) is -1.85. The maximum atomic E-state index is 13.3. The first-order valence-corrected chi connectivity index (χ1v) is 13.6. The summed E-state index contributed by atoms with van der Waals surface area (Å²) in [5, 5.41) is 10.5. The molecule has 0 atom stereocenters. The minimum absolute atomic E-state index is 0.0289. The van der Waals surface area contributed by atoms with E-state index in [9.17, 15) is 14.7 Å². The summed E-state index contributed by atoms with van der Waals surface area (Å²) >= 11 is 0. The maximum absolute atomic E-state index is 13.3. The minimum Gasteiger partial charge on any atom is -0.478 e. The molecule has 0 saturated heterocycles. The second-order valence-corrected chi connectivity index (χ2v) is 11.3. The molecule has 2 aliphatic carbocycles. The summed E-state index contributed by atoms with van der Waals surface area (Å²) in [4.78, 5) is 28.2. The summed E-state index contributed by atoms with van der Waals surface area (Å²) in [6, 6.07) is 20.7. The average molecular weight is 548 g/mol. The first-order chi connectivity index (χ1) is 19.5. The zero-order chi connectivity index (χ0) is 29.5. The van der Waals surface area contributed by atoms with Gasteiger partial charge in [-0.25, -0.2) is 14.2 Å². The number of fused-ring (bicyclic) bond motifs is 2. The van der Waals surface area contributed by atoms with Gasteiger partial charge in [0.15, 0.2) is 5.71 Å². The lowest BCUT2D eigenvalue weighted by molar-refractivity contribution is -0.462. The first-order valence-electron chi connectivity index (χ1n) is 13.6. The van der Waals surface area contributed by atoms with Gasteiger partial charge >= 0.3 is 11.9 Å². The molecule has 0 spiro atoms. The Labute approximate surface area is 241 Å². The van der Waals surface area contributed by atoms with Crippen LogP contribution in [0.5, 0.6) is 0 Å². The van der Waals surface area contributed by atoms with Gasteiger partial charge in [-0.15, -0.1) is 0 Å². The first kappa shape index (κ1) is 27.8. The minimum atomic E-state index is -1.18. The Morgan fingerprint density at radius 2 is 1.66 bits per heavy atom. The smallest absolute Gasteiger partial charge is 0.339 e. The number of allylic oxidation sites excluding steroid dienone is 5. The van der Waals surface area contributed by atoms with Gasteiger partial charge in [0.1, 0.15) is 20.7 Å². The summed E-state index contributed by atoms with van der Waals surface area (Å²) in [6.45, 7) is 4.46. The molecule has 0 unspecified atom stereocenters. The number of aromatic carboxylic acids is 1. The van der Waals surface area contributed by atoms with Gasteiger partial charge < -0.3 is 14.7 Å². The van der Waals surface area contributed by atoms with Gasteiger partial charge in [-0.05, 0) is 63.2 Å². The van der Waals surface area contributed by atoms with Gasteiger partial charge in [-0.2, -0.15) is 0 Å². The molecular formula is C35H35N2O4+. The molecule has 0 aliphatic heterocycles. The molecule has 3 aromatic rings. The zero-order valence-corrected chi connectivity index (χ0v) is 24.4. The van der Waals surface area contributed by atoms with Crippen LogP contribution in [0, 0.1) is 0 Å². The number of hydrogen-bond donors (Lipinski definition) is 1. The zero-order valence-electron chi connectivity index (χ0n) is 24.4. The van der Waals surface area contributed by atoms with Crippen LogP contribution in [-0.2, 0) is 16.8 Å². The van der Waals surface area contributed by atoms with E-state index in [2.05, 4.69) is 47.6 Å². The van der Waals surface area contributed by atoms with Crippen molar-refractivity contribution in [1.82, 2.24) is 0 Å². The maximum Gasteiger partial charge on any atom is 0.339 e. The van der Waals surface area contributed by atoms with Crippen LogP contribution in [0.3, 0.4) is 0 Å². The van der Waals surface area contributed by atoms with Crippen molar-refractivity contribution in [3.63, 3.8) is 0 Å². The molecular weight excluding hydrogens is 512 g/mol. The molecule has 0 radical (unpaired) electrons. The number of benzene rings is 3. The fourth-order valence-corrected chi connectivity index (χ4v) is 5.63. The molecule has 3 aromatic carbocycles. The number of esters is 1. The van der Waals surface area contributed by atoms with Crippen LogP contribution >= 0.6 is 0 Å². The molecule has 0 amide bonds. The fraction of sp³-hybridized carbons (Fsp3) is 0.229. The number of nitrogens with zero attached hydrogens (tertiary/aromatic N) is 2. The standard InChI is InChI=1S/C35H34N2O4/c1-35(2)29-19-23(36(3)4)15-17-25(29)31(26-18-16-24(37(5)6)20-30(26)35)27-13-10-14-28(32(27)33(38)39)34(40)41-21-22-11-8-7-9-12-22/h7-20H,21H2,1-6H3/p+1. The SMILES string of the molecule is CN(C)c1ccc2c(c1)C(C)(C)C1=CC(=[N+](C)C)C=CC1=C2c1cccc(C(=O)OCc2ccccc2)c1C(=O)O. The van der Waals surface area contributed by atoms with E-state index in [4.69, 9.17) is 4.74 Å². The van der Waals surface area contributed by atoms with Crippen LogP contribution < -0.4 is 4.90 Å². The topological polar surface area (TPSA) is 69.8 Å². The molecule has 5 rings (SSSR count). The fourth-order valence-electron chi connectivity index (χ4n) is 5.63. The Morgan fingerprint density at radius 1 is 0.927 bits per heavy atom. The van der Waals surface area contributed by atoms with E-state index in [-0.39, 0.29) is 23.1 Å². The van der Waals surface area contributed by atoms with Gasteiger partial charge in [0, 0.05) is 37.3 Å². The number of carboxylic acids is 1. The highest BCUT2D eigenvalue weighted by Gasteiger charge is 2.40. The van der Waals surface area contributed by atoms with Gasteiger partial charge in [0.05, 0.1) is 11.1 Å². The van der Waals surface area contributed by atoms with Crippen LogP contribution in [0.4, 0.5) is 5.69 Å². The van der Waals surface area contributed by atoms with Crippen molar-refractivity contribution >= 4 is 28.9 Å². The largest absolute Gasteiger partial charge is 0.478 e. The lowest BCUT2D eigenvalue weighted by atomic mass is 9.64. The molecule has 208 valence electrons. The van der Waals surface area contributed by atoms with Gasteiger partial charge in [0.2, 0.25) is 0 Å². The number of ether oxygens (including phenoxy) is 1. The van der Waals surface area contributed by atoms with Gasteiger partial charge in [-0.3, -0.25) is 0 Å². The second-order valence-electron chi connectivity index (χ2n) is 11.3. The van der Waals surface area contributed by atoms with E-state index in [1.54, 1.807) is 12.1 Å². The Hall–Kier alpha value is -4.71. The monoisotopic (exact) mass is 547 g/mol. The van der Waals surface area contributed by atoms with Gasteiger partial charge in [0.25, 0.3) is 0 Å². The number of hydrogen-bond acceptors (Lipinski definition) is 4. The van der Waals surface area contributed by atoms with E-state index in [1.807, 2.05) is 70.7 Å². The number of carbonyl (C=O) groups is 2. The molecule has 0 heterocycles. The quantitative estimate of drug-likeness (QED) is 0.298. The summed E-state index contributed by atoms with van der Waals surface area (Å²) < 4.78 is 7.64.